The Hall–Kier alpha value is -3.12. The third-order valence-electron chi connectivity index (χ3n) is 5.31. The summed E-state index contributed by atoms with van der Waals surface area (Å²) in [5.74, 6) is 0. The van der Waals surface area contributed by atoms with E-state index in [1.54, 1.807) is 42.2 Å². The van der Waals surface area contributed by atoms with E-state index >= 15 is 0 Å². The molecule has 5 nitrogen and oxygen atoms in total. The number of hydrogen-bond donors (Lipinski definition) is 1. The molecule has 0 amide bonds. The Bertz CT molecular complexity index is 1390. The molecular formula is C24H22N2O3S. The first-order valence-electron chi connectivity index (χ1n) is 9.92. The number of aromatic nitrogens is 1. The van der Waals surface area contributed by atoms with E-state index in [0.717, 1.165) is 23.4 Å². The van der Waals surface area contributed by atoms with Gasteiger partial charge < -0.3 is 5.32 Å². The first kappa shape index (κ1) is 20.2. The fraction of sp³-hybridized carbons (Fsp3) is 0.208. The number of unbranched alkanes of at least 4 members (excludes halogenated alkanes) is 1. The molecule has 1 N–H and O–H groups in total. The van der Waals surface area contributed by atoms with Crippen LogP contribution in [0.25, 0.3) is 28.1 Å². The van der Waals surface area contributed by atoms with E-state index in [2.05, 4.69) is 5.32 Å². The number of nitrogens with one attached hydrogen (secondary N) is 1. The fourth-order valence-corrected chi connectivity index (χ4v) is 4.09. The van der Waals surface area contributed by atoms with Crippen molar-refractivity contribution in [1.82, 2.24) is 4.57 Å². The molecule has 2 aromatic carbocycles. The van der Waals surface area contributed by atoms with Crippen molar-refractivity contribution in [3.8, 4) is 11.1 Å². The van der Waals surface area contributed by atoms with E-state index in [0.29, 0.717) is 33.7 Å². The second-order valence-corrected chi connectivity index (χ2v) is 8.08. The molecule has 1 heterocycles. The van der Waals surface area contributed by atoms with Crippen LogP contribution in [0.15, 0.2) is 67.8 Å². The Morgan fingerprint density at radius 1 is 1.00 bits per heavy atom. The fourth-order valence-electron chi connectivity index (χ4n) is 3.69. The SMILES string of the molecule is CCCCn1c(=O)c2c/c(=C/Nc3ccc(SC)cc3)c(=O)c3cccc(c3-2)c1=O. The Morgan fingerprint density at radius 3 is 2.43 bits per heavy atom. The number of rotatable bonds is 6. The normalized spacial score (nSPS) is 12.1. The second kappa shape index (κ2) is 8.32. The van der Waals surface area contributed by atoms with E-state index in [-0.39, 0.29) is 16.5 Å². The maximum Gasteiger partial charge on any atom is 0.261 e. The topological polar surface area (TPSA) is 68.2 Å². The molecule has 4 rings (SSSR count). The van der Waals surface area contributed by atoms with Gasteiger partial charge in [0.25, 0.3) is 11.1 Å². The molecule has 0 saturated carbocycles. The van der Waals surface area contributed by atoms with Crippen LogP contribution in [0.4, 0.5) is 5.69 Å². The highest BCUT2D eigenvalue weighted by Gasteiger charge is 2.20. The number of thioether (sulfide) groups is 1. The lowest BCUT2D eigenvalue weighted by Gasteiger charge is -2.14. The molecule has 0 aromatic heterocycles. The van der Waals surface area contributed by atoms with Crippen molar-refractivity contribution >= 4 is 34.4 Å². The molecule has 0 unspecified atom stereocenters. The van der Waals surface area contributed by atoms with Crippen molar-refractivity contribution in [3.05, 3.63) is 84.7 Å². The largest absolute Gasteiger partial charge is 0.361 e. The van der Waals surface area contributed by atoms with Crippen molar-refractivity contribution in [2.45, 2.75) is 31.2 Å². The highest BCUT2D eigenvalue weighted by atomic mass is 32.2. The molecule has 0 spiro atoms. The first-order valence-corrected chi connectivity index (χ1v) is 11.1. The maximum atomic E-state index is 13.1. The monoisotopic (exact) mass is 418 g/mol. The van der Waals surface area contributed by atoms with Crippen LogP contribution >= 0.6 is 11.8 Å². The zero-order valence-electron chi connectivity index (χ0n) is 16.9. The third-order valence-corrected chi connectivity index (χ3v) is 6.05. The first-order chi connectivity index (χ1) is 14.5. The van der Waals surface area contributed by atoms with Gasteiger partial charge in [-0.15, -0.1) is 11.8 Å². The van der Waals surface area contributed by atoms with Gasteiger partial charge in [-0.3, -0.25) is 19.0 Å². The van der Waals surface area contributed by atoms with Gasteiger partial charge in [0.05, 0.1) is 0 Å². The molecule has 1 aliphatic carbocycles. The van der Waals surface area contributed by atoms with Crippen molar-refractivity contribution in [2.24, 2.45) is 0 Å². The van der Waals surface area contributed by atoms with Crippen LogP contribution in [0.3, 0.4) is 0 Å². The minimum absolute atomic E-state index is 0.202. The highest BCUT2D eigenvalue weighted by Crippen LogP contribution is 2.24. The van der Waals surface area contributed by atoms with E-state index in [9.17, 15) is 14.4 Å². The predicted octanol–water partition coefficient (Wildman–Crippen LogP) is 3.36. The maximum absolute atomic E-state index is 13.1. The Balaban J connectivity index is 1.93. The second-order valence-electron chi connectivity index (χ2n) is 7.20. The molecular weight excluding hydrogens is 396 g/mol. The zero-order valence-corrected chi connectivity index (χ0v) is 17.7. The van der Waals surface area contributed by atoms with E-state index in [1.165, 1.54) is 4.57 Å². The number of anilines is 1. The highest BCUT2D eigenvalue weighted by molar-refractivity contribution is 7.98. The molecule has 0 fully saturated rings. The minimum atomic E-state index is -0.337. The molecule has 0 saturated heterocycles. The summed E-state index contributed by atoms with van der Waals surface area (Å²) in [6.45, 7) is 2.39. The van der Waals surface area contributed by atoms with E-state index in [4.69, 9.17) is 0 Å². The smallest absolute Gasteiger partial charge is 0.261 e. The van der Waals surface area contributed by atoms with Crippen LogP contribution in [0.5, 0.6) is 0 Å². The van der Waals surface area contributed by atoms with Gasteiger partial charge in [0.1, 0.15) is 0 Å². The molecule has 0 atom stereocenters. The number of pyridine rings is 1. The van der Waals surface area contributed by atoms with Gasteiger partial charge in [0.2, 0.25) is 0 Å². The Kier molecular flexibility index (Phi) is 5.59. The van der Waals surface area contributed by atoms with Gasteiger partial charge in [0, 0.05) is 50.4 Å². The predicted molar refractivity (Wildman–Crippen MR) is 125 cm³/mol. The molecule has 30 heavy (non-hydrogen) atoms. The van der Waals surface area contributed by atoms with E-state index in [1.807, 2.05) is 37.4 Å². The molecule has 152 valence electrons. The summed E-state index contributed by atoms with van der Waals surface area (Å²) < 4.78 is 1.30. The van der Waals surface area contributed by atoms with Crippen LogP contribution < -0.4 is 27.1 Å². The van der Waals surface area contributed by atoms with Crippen LogP contribution in [0.1, 0.15) is 19.8 Å². The van der Waals surface area contributed by atoms with Crippen LogP contribution in [0.2, 0.25) is 0 Å². The summed E-state index contributed by atoms with van der Waals surface area (Å²) in [4.78, 5) is 40.2. The van der Waals surface area contributed by atoms with Crippen molar-refractivity contribution in [2.75, 3.05) is 11.6 Å². The standard InChI is InChI=1S/C24H22N2O3S/c1-3-4-12-26-23(28)19-7-5-6-18-21(19)20(24(26)29)13-15(22(18)27)14-25-16-8-10-17(30-2)11-9-16/h5-11,13-14,25H,3-4,12H2,1-2H3/b15-14-. The molecule has 0 bridgehead atoms. The number of hydrogen-bond acceptors (Lipinski definition) is 5. The summed E-state index contributed by atoms with van der Waals surface area (Å²) >= 11 is 1.66. The molecule has 2 aromatic rings. The van der Waals surface area contributed by atoms with E-state index < -0.39 is 0 Å². The van der Waals surface area contributed by atoms with Crippen LogP contribution in [0, 0.1) is 0 Å². The van der Waals surface area contributed by atoms with Gasteiger partial charge >= 0.3 is 0 Å². The molecule has 2 aliphatic rings. The zero-order chi connectivity index (χ0) is 21.3. The summed E-state index contributed by atoms with van der Waals surface area (Å²) in [6, 6.07) is 14.5. The summed E-state index contributed by atoms with van der Waals surface area (Å²) in [6.07, 6.45) is 5.26. The lowest BCUT2D eigenvalue weighted by atomic mass is 9.94. The molecule has 1 aliphatic heterocycles. The van der Waals surface area contributed by atoms with Gasteiger partial charge in [-0.2, -0.15) is 0 Å². The van der Waals surface area contributed by atoms with Gasteiger partial charge in [-0.25, -0.2) is 0 Å². The van der Waals surface area contributed by atoms with Gasteiger partial charge in [-0.05, 0) is 49.1 Å². The van der Waals surface area contributed by atoms with Gasteiger partial charge in [-0.1, -0.05) is 25.5 Å². The van der Waals surface area contributed by atoms with Gasteiger partial charge in [0.15, 0.2) is 5.43 Å². The van der Waals surface area contributed by atoms with Crippen LogP contribution in [-0.2, 0) is 6.54 Å². The Labute approximate surface area is 177 Å². The average Bonchev–Trinajstić information content (AvgIpc) is 2.78. The number of benzene rings is 3. The molecule has 6 heteroatoms. The third kappa shape index (κ3) is 3.48. The lowest BCUT2D eigenvalue weighted by Crippen LogP contribution is -2.38. The lowest BCUT2D eigenvalue weighted by molar-refractivity contribution is 0.601. The van der Waals surface area contributed by atoms with Crippen molar-refractivity contribution in [3.63, 3.8) is 0 Å². The number of nitrogens with zero attached hydrogens (tertiary/aromatic N) is 1. The molecule has 0 radical (unpaired) electrons. The van der Waals surface area contributed by atoms with Crippen molar-refractivity contribution < 1.29 is 0 Å². The summed E-state index contributed by atoms with van der Waals surface area (Å²) in [5.41, 5.74) is 0.853. The quantitative estimate of drug-likeness (QED) is 0.487. The minimum Gasteiger partial charge on any atom is -0.361 e. The van der Waals surface area contributed by atoms with Crippen LogP contribution in [-0.4, -0.2) is 10.8 Å². The summed E-state index contributed by atoms with van der Waals surface area (Å²) in [5, 5.41) is 4.35. The van der Waals surface area contributed by atoms with Crippen molar-refractivity contribution in [1.29, 1.82) is 0 Å². The Morgan fingerprint density at radius 2 is 1.73 bits per heavy atom. The summed E-state index contributed by atoms with van der Waals surface area (Å²) in [7, 11) is 0. The average molecular weight is 419 g/mol.